The van der Waals surface area contributed by atoms with E-state index in [1.165, 1.54) is 5.69 Å². The van der Waals surface area contributed by atoms with Gasteiger partial charge in [0.2, 0.25) is 0 Å². The first-order valence-corrected chi connectivity index (χ1v) is 5.31. The molecule has 0 unspecified atom stereocenters. The largest absolute Gasteiger partial charge is 0.263 e. The fourth-order valence-corrected chi connectivity index (χ4v) is 2.76. The number of hydrogen-bond acceptors (Lipinski definition) is 1. The molecule has 0 N–H and O–H groups in total. The second-order valence-corrected chi connectivity index (χ2v) is 4.49. The predicted molar refractivity (Wildman–Crippen MR) is 61.8 cm³/mol. The molecule has 9 heavy (non-hydrogen) atoms. The molecule has 0 saturated heterocycles. The number of aromatic nitrogens is 2. The van der Waals surface area contributed by atoms with Gasteiger partial charge in [-0.05, 0) is 29.5 Å². The minimum absolute atomic E-state index is 1.04. The molecule has 0 aliphatic heterocycles. The van der Waals surface area contributed by atoms with Gasteiger partial charge in [-0.25, -0.2) is 4.98 Å². The summed E-state index contributed by atoms with van der Waals surface area (Å²) in [5, 5.41) is 0. The molecule has 1 rings (SSSR count). The lowest BCUT2D eigenvalue weighted by atomic mass is 10.6. The van der Waals surface area contributed by atoms with E-state index in [0.717, 1.165) is 7.53 Å². The highest BCUT2D eigenvalue weighted by Gasteiger charge is 2.05. The quantitative estimate of drug-likeness (QED) is 0.545. The molecular weight excluding hydrogens is 457 g/mol. The van der Waals surface area contributed by atoms with Crippen molar-refractivity contribution < 1.29 is 0 Å². The van der Waals surface area contributed by atoms with Gasteiger partial charge in [0.1, 0.15) is 3.70 Å². The van der Waals surface area contributed by atoms with Crippen molar-refractivity contribution in [1.82, 2.24) is 7.76 Å². The third-order valence-electron chi connectivity index (χ3n) is 0.945. The zero-order chi connectivity index (χ0) is 7.02. The molecule has 0 atom stereocenters. The Kier molecular flexibility index (Phi) is 3.02. The van der Waals surface area contributed by atoms with Gasteiger partial charge in [-0.3, -0.25) is 2.78 Å². The van der Waals surface area contributed by atoms with Crippen molar-refractivity contribution in [3.8, 4) is 0 Å². The smallest absolute Gasteiger partial charge is 0.181 e. The monoisotopic (exact) mass is 460 g/mol. The summed E-state index contributed by atoms with van der Waals surface area (Å²) in [5.41, 5.74) is 1.22. The highest BCUT2D eigenvalue weighted by atomic mass is 127. The van der Waals surface area contributed by atoms with E-state index in [1.807, 2.05) is 2.78 Å². The van der Waals surface area contributed by atoms with Gasteiger partial charge >= 0.3 is 0 Å². The molecule has 0 aromatic carbocycles. The molecule has 0 fully saturated rings. The fraction of sp³-hybridized carbons (Fsp3) is 0.250. The van der Waals surface area contributed by atoms with Crippen LogP contribution >= 0.6 is 68.0 Å². The normalized spacial score (nSPS) is 10.2. The summed E-state index contributed by atoms with van der Waals surface area (Å²) < 4.78 is 4.17. The third kappa shape index (κ3) is 1.70. The highest BCUT2D eigenvalue weighted by molar-refractivity contribution is 14.1. The molecule has 5 heteroatoms. The molecule has 0 aliphatic carbocycles. The molecule has 0 spiro atoms. The van der Waals surface area contributed by atoms with E-state index >= 15 is 0 Å². The Morgan fingerprint density at radius 3 is 2.11 bits per heavy atom. The molecule has 0 radical (unpaired) electrons. The van der Waals surface area contributed by atoms with E-state index in [1.54, 1.807) is 0 Å². The zero-order valence-corrected chi connectivity index (χ0v) is 11.0. The van der Waals surface area contributed by atoms with Crippen LogP contribution in [0.3, 0.4) is 0 Å². The maximum Gasteiger partial charge on any atom is 0.181 e. The van der Waals surface area contributed by atoms with E-state index < -0.39 is 0 Å². The Hall–Kier alpha value is 1.40. The Morgan fingerprint density at radius 2 is 2.00 bits per heavy atom. The summed E-state index contributed by atoms with van der Waals surface area (Å²) in [5.74, 6) is 0. The molecule has 1 aromatic heterocycles. The molecule has 0 bridgehead atoms. The van der Waals surface area contributed by atoms with Gasteiger partial charge in [-0.15, -0.1) is 0 Å². The van der Waals surface area contributed by atoms with E-state index in [0.29, 0.717) is 0 Å². The number of hydrogen-bond donors (Lipinski definition) is 0. The number of rotatable bonds is 0. The maximum absolute atomic E-state index is 4.24. The summed E-state index contributed by atoms with van der Waals surface area (Å²) >= 11 is 6.67. The molecule has 0 amide bonds. The van der Waals surface area contributed by atoms with Crippen molar-refractivity contribution in [3.63, 3.8) is 0 Å². The first kappa shape index (κ1) is 8.50. The minimum atomic E-state index is 1.04. The lowest BCUT2D eigenvalue weighted by Gasteiger charge is -1.89. The van der Waals surface area contributed by atoms with Crippen molar-refractivity contribution in [2.24, 2.45) is 0 Å². The molecular formula is C4H3I3N2. The average molecular weight is 460 g/mol. The second-order valence-electron chi connectivity index (χ2n) is 1.54. The highest BCUT2D eigenvalue weighted by Crippen LogP contribution is 2.16. The number of halogens is 3. The molecule has 0 saturated carbocycles. The standard InChI is InChI=1S/C4H3I3N2/c1-2-3(5)8-4(6)9(2)7/h1H3. The molecule has 50 valence electrons. The van der Waals surface area contributed by atoms with Gasteiger partial charge in [0, 0.05) is 22.6 Å². The van der Waals surface area contributed by atoms with Crippen molar-refractivity contribution in [2.45, 2.75) is 6.92 Å². The topological polar surface area (TPSA) is 17.8 Å². The average Bonchev–Trinajstić information content (AvgIpc) is 1.98. The van der Waals surface area contributed by atoms with Crippen LogP contribution in [0.1, 0.15) is 5.69 Å². The summed E-state index contributed by atoms with van der Waals surface area (Å²) in [4.78, 5) is 4.24. The summed E-state index contributed by atoms with van der Waals surface area (Å²) in [7, 11) is 0. The molecule has 2 nitrogen and oxygen atoms in total. The Bertz CT molecular complexity index is 207. The van der Waals surface area contributed by atoms with Crippen LogP contribution in [0.4, 0.5) is 0 Å². The minimum Gasteiger partial charge on any atom is -0.263 e. The van der Waals surface area contributed by atoms with Crippen LogP contribution in [0.15, 0.2) is 0 Å². The van der Waals surface area contributed by atoms with Gasteiger partial charge in [0.15, 0.2) is 3.83 Å². The first-order valence-electron chi connectivity index (χ1n) is 2.19. The fourth-order valence-electron chi connectivity index (χ4n) is 0.425. The van der Waals surface area contributed by atoms with E-state index in [4.69, 9.17) is 0 Å². The van der Waals surface area contributed by atoms with Crippen molar-refractivity contribution in [2.75, 3.05) is 0 Å². The van der Waals surface area contributed by atoms with Crippen LogP contribution in [0, 0.1) is 14.5 Å². The molecule has 0 aliphatic rings. The van der Waals surface area contributed by atoms with Gasteiger partial charge in [-0.2, -0.15) is 0 Å². The predicted octanol–water partition coefficient (Wildman–Crippen LogP) is 2.60. The second kappa shape index (κ2) is 3.20. The number of imidazole rings is 1. The number of nitrogens with zero attached hydrogens (tertiary/aromatic N) is 2. The first-order chi connectivity index (χ1) is 4.13. The van der Waals surface area contributed by atoms with Crippen molar-refractivity contribution in [1.29, 1.82) is 0 Å². The summed E-state index contributed by atoms with van der Waals surface area (Å²) in [6, 6.07) is 0. The SMILES string of the molecule is Cc1c(I)nc(I)n1I. The van der Waals surface area contributed by atoms with Gasteiger partial charge in [-0.1, -0.05) is 0 Å². The van der Waals surface area contributed by atoms with E-state index in [-0.39, 0.29) is 0 Å². The van der Waals surface area contributed by atoms with Crippen LogP contribution in [0.2, 0.25) is 0 Å². The van der Waals surface area contributed by atoms with Crippen LogP contribution in [-0.2, 0) is 0 Å². The van der Waals surface area contributed by atoms with E-state index in [2.05, 4.69) is 80.0 Å². The van der Waals surface area contributed by atoms with Crippen LogP contribution in [0.5, 0.6) is 0 Å². The van der Waals surface area contributed by atoms with Crippen molar-refractivity contribution >= 4 is 68.0 Å². The van der Waals surface area contributed by atoms with Gasteiger partial charge in [0.05, 0.1) is 28.6 Å². The third-order valence-corrected chi connectivity index (χ3v) is 4.79. The summed E-state index contributed by atoms with van der Waals surface area (Å²) in [6.07, 6.45) is 0. The lowest BCUT2D eigenvalue weighted by molar-refractivity contribution is 1.16. The Labute approximate surface area is 94.6 Å². The van der Waals surface area contributed by atoms with Crippen LogP contribution in [0.25, 0.3) is 0 Å². The van der Waals surface area contributed by atoms with Crippen molar-refractivity contribution in [3.05, 3.63) is 13.2 Å². The molecule has 1 heterocycles. The summed E-state index contributed by atoms with van der Waals surface area (Å²) in [6.45, 7) is 2.06. The van der Waals surface area contributed by atoms with Crippen LogP contribution < -0.4 is 0 Å². The Balaban J connectivity index is 3.29. The lowest BCUT2D eigenvalue weighted by Crippen LogP contribution is -1.83. The van der Waals surface area contributed by atoms with Crippen LogP contribution in [-0.4, -0.2) is 7.76 Å². The Morgan fingerprint density at radius 1 is 1.44 bits per heavy atom. The molecule has 1 aromatic rings. The maximum atomic E-state index is 4.24. The van der Waals surface area contributed by atoms with E-state index in [9.17, 15) is 0 Å². The van der Waals surface area contributed by atoms with Gasteiger partial charge < -0.3 is 0 Å². The zero-order valence-electron chi connectivity index (χ0n) is 4.53. The van der Waals surface area contributed by atoms with Gasteiger partial charge in [0.25, 0.3) is 0 Å².